The van der Waals surface area contributed by atoms with Gasteiger partial charge in [0.15, 0.2) is 12.0 Å². The fourth-order valence-corrected chi connectivity index (χ4v) is 2.45. The van der Waals surface area contributed by atoms with E-state index < -0.39 is 0 Å². The molecule has 0 saturated heterocycles. The van der Waals surface area contributed by atoms with Gasteiger partial charge >= 0.3 is 0 Å². The van der Waals surface area contributed by atoms with E-state index in [0.29, 0.717) is 0 Å². The summed E-state index contributed by atoms with van der Waals surface area (Å²) in [4.78, 5) is 4.15. The van der Waals surface area contributed by atoms with Crippen molar-refractivity contribution in [3.05, 3.63) is 60.0 Å². The number of oxazole rings is 1. The van der Waals surface area contributed by atoms with E-state index in [0.717, 1.165) is 22.4 Å². The highest BCUT2D eigenvalue weighted by molar-refractivity contribution is 5.73. The third-order valence-electron chi connectivity index (χ3n) is 3.49. The molecule has 0 spiro atoms. The van der Waals surface area contributed by atoms with Crippen LogP contribution in [0, 0.1) is 0 Å². The second kappa shape index (κ2) is 5.35. The minimum absolute atomic E-state index is 0.123. The lowest BCUT2D eigenvalue weighted by Gasteiger charge is -2.18. The molecule has 1 aromatic heterocycles. The second-order valence-corrected chi connectivity index (χ2v) is 4.68. The van der Waals surface area contributed by atoms with Crippen molar-refractivity contribution < 1.29 is 4.42 Å². The minimum Gasteiger partial charge on any atom is -0.443 e. The van der Waals surface area contributed by atoms with Gasteiger partial charge in [-0.15, -0.1) is 0 Å². The Bertz CT molecular complexity index is 720. The first-order chi connectivity index (χ1) is 9.81. The zero-order valence-electron chi connectivity index (χ0n) is 11.6. The molecule has 4 heteroatoms. The fraction of sp³-hybridized carbons (Fsp3) is 0.188. The largest absolute Gasteiger partial charge is 0.443 e. The van der Waals surface area contributed by atoms with E-state index in [1.165, 1.54) is 12.0 Å². The van der Waals surface area contributed by atoms with Gasteiger partial charge in [-0.1, -0.05) is 18.2 Å². The molecule has 4 nitrogen and oxygen atoms in total. The summed E-state index contributed by atoms with van der Waals surface area (Å²) in [6.07, 6.45) is 1.48. The standard InChI is InChI=1S/C16H17N3O/c1-17-13-5-3-4-11(8-13)16(18-2)12-6-7-14-15(9-12)20-10-19-14/h3-10,16-18H,1-2H3. The quantitative estimate of drug-likeness (QED) is 0.762. The van der Waals surface area contributed by atoms with E-state index in [9.17, 15) is 0 Å². The number of fused-ring (bicyclic) bond motifs is 1. The van der Waals surface area contributed by atoms with Crippen LogP contribution in [0.5, 0.6) is 0 Å². The molecule has 2 N–H and O–H groups in total. The van der Waals surface area contributed by atoms with Crippen LogP contribution in [0.1, 0.15) is 17.2 Å². The van der Waals surface area contributed by atoms with E-state index in [1.54, 1.807) is 0 Å². The molecule has 0 bridgehead atoms. The van der Waals surface area contributed by atoms with Crippen LogP contribution in [-0.4, -0.2) is 19.1 Å². The van der Waals surface area contributed by atoms with Crippen LogP contribution in [0.25, 0.3) is 11.1 Å². The summed E-state index contributed by atoms with van der Waals surface area (Å²) in [5, 5.41) is 6.52. The van der Waals surface area contributed by atoms with Crippen LogP contribution in [0.2, 0.25) is 0 Å². The number of nitrogens with one attached hydrogen (secondary N) is 2. The molecule has 0 saturated carbocycles. The Labute approximate surface area is 117 Å². The molecule has 3 aromatic rings. The molecule has 102 valence electrons. The summed E-state index contributed by atoms with van der Waals surface area (Å²) < 4.78 is 5.38. The highest BCUT2D eigenvalue weighted by Crippen LogP contribution is 2.26. The number of nitrogens with zero attached hydrogens (tertiary/aromatic N) is 1. The molecule has 3 rings (SSSR count). The molecule has 0 aliphatic rings. The molecule has 0 radical (unpaired) electrons. The van der Waals surface area contributed by atoms with E-state index >= 15 is 0 Å². The molecule has 0 aliphatic carbocycles. The Morgan fingerprint density at radius 3 is 2.70 bits per heavy atom. The van der Waals surface area contributed by atoms with Crippen LogP contribution in [0.15, 0.2) is 53.3 Å². The SMILES string of the molecule is CNc1cccc(C(NC)c2ccc3ncoc3c2)c1. The Hall–Kier alpha value is -2.33. The van der Waals surface area contributed by atoms with E-state index in [2.05, 4.69) is 45.9 Å². The zero-order chi connectivity index (χ0) is 13.9. The smallest absolute Gasteiger partial charge is 0.181 e. The number of hydrogen-bond acceptors (Lipinski definition) is 4. The summed E-state index contributed by atoms with van der Waals surface area (Å²) in [6, 6.07) is 14.6. The number of benzene rings is 2. The predicted molar refractivity (Wildman–Crippen MR) is 80.9 cm³/mol. The number of aromatic nitrogens is 1. The molecule has 0 amide bonds. The molecule has 1 heterocycles. The van der Waals surface area contributed by atoms with Crippen LogP contribution in [-0.2, 0) is 0 Å². The third kappa shape index (κ3) is 2.26. The first kappa shape index (κ1) is 12.7. The van der Waals surface area contributed by atoms with Crippen molar-refractivity contribution >= 4 is 16.8 Å². The lowest BCUT2D eigenvalue weighted by Crippen LogP contribution is -2.17. The lowest BCUT2D eigenvalue weighted by atomic mass is 9.98. The topological polar surface area (TPSA) is 50.1 Å². The van der Waals surface area contributed by atoms with Gasteiger partial charge in [-0.25, -0.2) is 4.98 Å². The maximum Gasteiger partial charge on any atom is 0.181 e. The first-order valence-electron chi connectivity index (χ1n) is 6.60. The van der Waals surface area contributed by atoms with Crippen molar-refractivity contribution in [2.75, 3.05) is 19.4 Å². The molecular formula is C16H17N3O. The average molecular weight is 267 g/mol. The van der Waals surface area contributed by atoms with Crippen molar-refractivity contribution in [3.8, 4) is 0 Å². The van der Waals surface area contributed by atoms with Crippen molar-refractivity contribution in [2.24, 2.45) is 0 Å². The Balaban J connectivity index is 2.03. The monoisotopic (exact) mass is 267 g/mol. The second-order valence-electron chi connectivity index (χ2n) is 4.68. The van der Waals surface area contributed by atoms with E-state index in [4.69, 9.17) is 4.42 Å². The normalized spacial score (nSPS) is 12.5. The average Bonchev–Trinajstić information content (AvgIpc) is 2.96. The molecule has 0 fully saturated rings. The maximum absolute atomic E-state index is 5.38. The molecule has 1 atom stereocenters. The first-order valence-corrected chi connectivity index (χ1v) is 6.60. The summed E-state index contributed by atoms with van der Waals surface area (Å²) in [7, 11) is 3.88. The van der Waals surface area contributed by atoms with Gasteiger partial charge in [0, 0.05) is 12.7 Å². The van der Waals surface area contributed by atoms with Crippen LogP contribution >= 0.6 is 0 Å². The van der Waals surface area contributed by atoms with Crippen molar-refractivity contribution in [1.29, 1.82) is 0 Å². The van der Waals surface area contributed by atoms with Gasteiger partial charge in [0.05, 0.1) is 6.04 Å². The van der Waals surface area contributed by atoms with Gasteiger partial charge in [-0.2, -0.15) is 0 Å². The van der Waals surface area contributed by atoms with Gasteiger partial charge in [0.25, 0.3) is 0 Å². The minimum atomic E-state index is 0.123. The Kier molecular flexibility index (Phi) is 3.39. The number of rotatable bonds is 4. The lowest BCUT2D eigenvalue weighted by molar-refractivity contribution is 0.600. The van der Waals surface area contributed by atoms with Gasteiger partial charge in [-0.05, 0) is 42.4 Å². The predicted octanol–water partition coefficient (Wildman–Crippen LogP) is 3.18. The number of anilines is 1. The Morgan fingerprint density at radius 2 is 1.90 bits per heavy atom. The molecule has 1 unspecified atom stereocenters. The summed E-state index contributed by atoms with van der Waals surface area (Å²) in [6.45, 7) is 0. The van der Waals surface area contributed by atoms with Crippen molar-refractivity contribution in [2.45, 2.75) is 6.04 Å². The highest BCUT2D eigenvalue weighted by atomic mass is 16.3. The van der Waals surface area contributed by atoms with Crippen molar-refractivity contribution in [3.63, 3.8) is 0 Å². The molecule has 2 aromatic carbocycles. The summed E-state index contributed by atoms with van der Waals surface area (Å²) in [5.41, 5.74) is 5.16. The highest BCUT2D eigenvalue weighted by Gasteiger charge is 2.13. The molecule has 20 heavy (non-hydrogen) atoms. The van der Waals surface area contributed by atoms with E-state index in [1.807, 2.05) is 26.2 Å². The third-order valence-corrected chi connectivity index (χ3v) is 3.49. The van der Waals surface area contributed by atoms with Gasteiger partial charge in [0.2, 0.25) is 0 Å². The number of hydrogen-bond donors (Lipinski definition) is 2. The van der Waals surface area contributed by atoms with Gasteiger partial charge < -0.3 is 15.1 Å². The Morgan fingerprint density at radius 1 is 1.05 bits per heavy atom. The fourth-order valence-electron chi connectivity index (χ4n) is 2.45. The summed E-state index contributed by atoms with van der Waals surface area (Å²) >= 11 is 0. The van der Waals surface area contributed by atoms with Gasteiger partial charge in [0.1, 0.15) is 5.52 Å². The van der Waals surface area contributed by atoms with Crippen LogP contribution in [0.4, 0.5) is 5.69 Å². The van der Waals surface area contributed by atoms with Crippen LogP contribution < -0.4 is 10.6 Å². The van der Waals surface area contributed by atoms with Crippen LogP contribution in [0.3, 0.4) is 0 Å². The maximum atomic E-state index is 5.38. The summed E-state index contributed by atoms with van der Waals surface area (Å²) in [5.74, 6) is 0. The van der Waals surface area contributed by atoms with Gasteiger partial charge in [-0.3, -0.25) is 0 Å². The zero-order valence-corrected chi connectivity index (χ0v) is 11.6. The molecular weight excluding hydrogens is 250 g/mol. The van der Waals surface area contributed by atoms with E-state index in [-0.39, 0.29) is 6.04 Å². The van der Waals surface area contributed by atoms with Crippen molar-refractivity contribution in [1.82, 2.24) is 10.3 Å². The molecule has 0 aliphatic heterocycles.